The topological polar surface area (TPSA) is 76.1 Å². The molecule has 26 heavy (non-hydrogen) atoms. The van der Waals surface area contributed by atoms with Crippen molar-refractivity contribution in [2.24, 2.45) is 0 Å². The highest BCUT2D eigenvalue weighted by atomic mass is 19.2. The van der Waals surface area contributed by atoms with E-state index in [0.29, 0.717) is 16.7 Å². The number of carbonyl (C=O) groups excluding carboxylic acids is 2. The fourth-order valence-corrected chi connectivity index (χ4v) is 2.63. The van der Waals surface area contributed by atoms with Crippen LogP contribution in [0.1, 0.15) is 5.56 Å². The minimum Gasteiger partial charge on any atom is -0.502 e. The number of carbonyl (C=O) groups is 2. The van der Waals surface area contributed by atoms with Crippen molar-refractivity contribution < 1.29 is 33.0 Å². The van der Waals surface area contributed by atoms with E-state index >= 15 is 0 Å². The van der Waals surface area contributed by atoms with Gasteiger partial charge in [-0.05, 0) is 29.8 Å². The van der Waals surface area contributed by atoms with Crippen LogP contribution in [0, 0.1) is 11.6 Å². The standard InChI is InChI=1S/C18H13F2NO5/c1-25-13-6-3-9(7-14(13)26-2)15-16(22)18(24)21(17(15)23)10-4-5-11(19)12(20)8-10/h3-8,22H,1-2H3. The summed E-state index contributed by atoms with van der Waals surface area (Å²) in [5.41, 5.74) is -0.259. The van der Waals surface area contributed by atoms with Crippen LogP contribution in [0.15, 0.2) is 42.2 Å². The fraction of sp³-hybridized carbons (Fsp3) is 0.111. The third-order valence-corrected chi connectivity index (χ3v) is 3.89. The van der Waals surface area contributed by atoms with E-state index in [1.807, 2.05) is 0 Å². The summed E-state index contributed by atoms with van der Waals surface area (Å²) in [5.74, 6) is -4.36. The Balaban J connectivity index is 2.05. The molecule has 0 spiro atoms. The Hall–Kier alpha value is -3.42. The van der Waals surface area contributed by atoms with Crippen molar-refractivity contribution in [1.82, 2.24) is 0 Å². The van der Waals surface area contributed by atoms with Crippen LogP contribution in [0.25, 0.3) is 5.57 Å². The average molecular weight is 361 g/mol. The summed E-state index contributed by atoms with van der Waals surface area (Å²) in [6.45, 7) is 0. The Morgan fingerprint density at radius 2 is 1.58 bits per heavy atom. The number of hydrogen-bond acceptors (Lipinski definition) is 5. The molecule has 0 fully saturated rings. The molecule has 2 aromatic rings. The molecule has 0 aromatic heterocycles. The van der Waals surface area contributed by atoms with Gasteiger partial charge >= 0.3 is 5.91 Å². The Morgan fingerprint density at radius 1 is 0.885 bits per heavy atom. The summed E-state index contributed by atoms with van der Waals surface area (Å²) in [4.78, 5) is 25.5. The lowest BCUT2D eigenvalue weighted by Gasteiger charge is -2.15. The van der Waals surface area contributed by atoms with Crippen molar-refractivity contribution in [2.75, 3.05) is 19.1 Å². The van der Waals surface area contributed by atoms with E-state index in [-0.39, 0.29) is 22.6 Å². The molecule has 0 unspecified atom stereocenters. The number of ether oxygens (including phenoxy) is 2. The van der Waals surface area contributed by atoms with Crippen LogP contribution in [0.2, 0.25) is 0 Å². The summed E-state index contributed by atoms with van der Waals surface area (Å²) < 4.78 is 36.8. The second-order valence-electron chi connectivity index (χ2n) is 5.34. The zero-order valence-electron chi connectivity index (χ0n) is 13.7. The van der Waals surface area contributed by atoms with Crippen LogP contribution >= 0.6 is 0 Å². The van der Waals surface area contributed by atoms with Gasteiger partial charge in [0.2, 0.25) is 0 Å². The largest absolute Gasteiger partial charge is 0.502 e. The minimum atomic E-state index is -1.22. The van der Waals surface area contributed by atoms with E-state index < -0.39 is 29.2 Å². The number of methoxy groups -OCH3 is 2. The number of imide groups is 1. The predicted molar refractivity (Wildman–Crippen MR) is 87.9 cm³/mol. The Bertz CT molecular complexity index is 955. The zero-order chi connectivity index (χ0) is 19.0. The number of hydrogen-bond donors (Lipinski definition) is 1. The lowest BCUT2D eigenvalue weighted by Crippen LogP contribution is -2.31. The van der Waals surface area contributed by atoms with Gasteiger partial charge in [-0.3, -0.25) is 9.59 Å². The van der Waals surface area contributed by atoms with Gasteiger partial charge in [-0.15, -0.1) is 0 Å². The highest BCUT2D eigenvalue weighted by molar-refractivity contribution is 6.44. The normalized spacial score (nSPS) is 14.2. The first-order valence-corrected chi connectivity index (χ1v) is 7.38. The number of aliphatic hydroxyl groups is 1. The molecule has 0 aliphatic carbocycles. The summed E-state index contributed by atoms with van der Waals surface area (Å²) >= 11 is 0. The Labute approximate surface area is 146 Å². The SMILES string of the molecule is COc1ccc(C2=C(O)C(=O)N(c3ccc(F)c(F)c3)C2=O)cc1OC. The Kier molecular flexibility index (Phi) is 4.33. The number of halogens is 2. The molecule has 2 amide bonds. The van der Waals surface area contributed by atoms with Crippen molar-refractivity contribution in [3.8, 4) is 11.5 Å². The zero-order valence-corrected chi connectivity index (χ0v) is 13.7. The molecule has 1 aliphatic rings. The predicted octanol–water partition coefficient (Wildman–Crippen LogP) is 2.82. The van der Waals surface area contributed by atoms with E-state index in [2.05, 4.69) is 0 Å². The lowest BCUT2D eigenvalue weighted by atomic mass is 10.0. The van der Waals surface area contributed by atoms with Crippen molar-refractivity contribution in [2.45, 2.75) is 0 Å². The molecule has 1 N–H and O–H groups in total. The molecule has 0 bridgehead atoms. The van der Waals surface area contributed by atoms with E-state index in [4.69, 9.17) is 9.47 Å². The van der Waals surface area contributed by atoms with E-state index in [1.54, 1.807) is 0 Å². The second kappa shape index (κ2) is 6.47. The van der Waals surface area contributed by atoms with Crippen LogP contribution in [0.3, 0.4) is 0 Å². The molecule has 0 saturated carbocycles. The van der Waals surface area contributed by atoms with Crippen LogP contribution in [0.5, 0.6) is 11.5 Å². The van der Waals surface area contributed by atoms with E-state index in [0.717, 1.165) is 12.1 Å². The van der Waals surface area contributed by atoms with Gasteiger partial charge in [0.1, 0.15) is 0 Å². The molecule has 0 radical (unpaired) electrons. The van der Waals surface area contributed by atoms with Crippen LogP contribution < -0.4 is 14.4 Å². The molecule has 8 heteroatoms. The molecule has 6 nitrogen and oxygen atoms in total. The summed E-state index contributed by atoms with van der Waals surface area (Å²) in [5, 5.41) is 10.2. The molecule has 0 atom stereocenters. The van der Waals surface area contributed by atoms with Gasteiger partial charge in [-0.2, -0.15) is 0 Å². The quantitative estimate of drug-likeness (QED) is 0.848. The summed E-state index contributed by atoms with van der Waals surface area (Å²) in [6.07, 6.45) is 0. The maximum Gasteiger partial charge on any atom is 0.301 e. The first-order chi connectivity index (χ1) is 12.4. The second-order valence-corrected chi connectivity index (χ2v) is 5.34. The van der Waals surface area contributed by atoms with Crippen LogP contribution in [-0.4, -0.2) is 31.1 Å². The maximum atomic E-state index is 13.5. The summed E-state index contributed by atoms with van der Waals surface area (Å²) in [7, 11) is 2.83. The van der Waals surface area contributed by atoms with Gasteiger partial charge in [0, 0.05) is 6.07 Å². The third-order valence-electron chi connectivity index (χ3n) is 3.89. The molecule has 134 valence electrons. The number of anilines is 1. The minimum absolute atomic E-state index is 0.194. The first kappa shape index (κ1) is 17.4. The fourth-order valence-electron chi connectivity index (χ4n) is 2.63. The highest BCUT2D eigenvalue weighted by Gasteiger charge is 2.40. The molecule has 1 heterocycles. The first-order valence-electron chi connectivity index (χ1n) is 7.38. The Morgan fingerprint density at radius 3 is 2.19 bits per heavy atom. The molecule has 2 aromatic carbocycles. The molecular weight excluding hydrogens is 348 g/mol. The number of aliphatic hydroxyl groups excluding tert-OH is 1. The average Bonchev–Trinajstić information content (AvgIpc) is 2.86. The molecule has 0 saturated heterocycles. The number of benzene rings is 2. The van der Waals surface area contributed by atoms with Gasteiger partial charge < -0.3 is 14.6 Å². The van der Waals surface area contributed by atoms with Gasteiger partial charge in [0.05, 0.1) is 25.5 Å². The van der Waals surface area contributed by atoms with Crippen molar-refractivity contribution in [3.05, 3.63) is 59.4 Å². The van der Waals surface area contributed by atoms with Crippen molar-refractivity contribution in [1.29, 1.82) is 0 Å². The molecular formula is C18H13F2NO5. The van der Waals surface area contributed by atoms with Crippen LogP contribution in [0.4, 0.5) is 14.5 Å². The van der Waals surface area contributed by atoms with Crippen molar-refractivity contribution in [3.63, 3.8) is 0 Å². The van der Waals surface area contributed by atoms with E-state index in [9.17, 15) is 23.5 Å². The third kappa shape index (κ3) is 2.65. The molecule has 1 aliphatic heterocycles. The number of rotatable bonds is 4. The lowest BCUT2D eigenvalue weighted by molar-refractivity contribution is -0.121. The van der Waals surface area contributed by atoms with Gasteiger partial charge in [0.25, 0.3) is 5.91 Å². The van der Waals surface area contributed by atoms with Crippen molar-refractivity contribution >= 4 is 23.1 Å². The highest BCUT2D eigenvalue weighted by Crippen LogP contribution is 2.36. The molecule has 3 rings (SSSR count). The van der Waals surface area contributed by atoms with Gasteiger partial charge in [-0.1, -0.05) is 6.07 Å². The smallest absolute Gasteiger partial charge is 0.301 e. The number of amides is 2. The van der Waals surface area contributed by atoms with E-state index in [1.165, 1.54) is 32.4 Å². The van der Waals surface area contributed by atoms with Crippen LogP contribution in [-0.2, 0) is 9.59 Å². The van der Waals surface area contributed by atoms with Gasteiger partial charge in [-0.25, -0.2) is 13.7 Å². The number of nitrogens with zero attached hydrogens (tertiary/aromatic N) is 1. The van der Waals surface area contributed by atoms with Gasteiger partial charge in [0.15, 0.2) is 28.9 Å². The maximum absolute atomic E-state index is 13.5. The summed E-state index contributed by atoms with van der Waals surface area (Å²) in [6, 6.07) is 6.95. The monoisotopic (exact) mass is 361 g/mol.